The highest BCUT2D eigenvalue weighted by Crippen LogP contribution is 2.45. The molecule has 0 saturated carbocycles. The number of esters is 1. The smallest absolute Gasteiger partial charge is 0.437 e. The van der Waals surface area contributed by atoms with Crippen molar-refractivity contribution in [2.24, 2.45) is 0 Å². The Morgan fingerprint density at radius 1 is 1.19 bits per heavy atom. The second-order valence-corrected chi connectivity index (χ2v) is 8.69. The number of benzene rings is 1. The summed E-state index contributed by atoms with van der Waals surface area (Å²) in [6.07, 6.45) is 2.35. The summed E-state index contributed by atoms with van der Waals surface area (Å²) in [5.74, 6) is -0.476. The first kappa shape index (κ1) is 22.9. The van der Waals surface area contributed by atoms with E-state index in [0.717, 1.165) is 12.0 Å². The van der Waals surface area contributed by atoms with Crippen LogP contribution in [0.15, 0.2) is 41.7 Å². The summed E-state index contributed by atoms with van der Waals surface area (Å²) in [4.78, 5) is 25.8. The van der Waals surface area contributed by atoms with Crippen molar-refractivity contribution < 1.29 is 19.1 Å². The van der Waals surface area contributed by atoms with Crippen LogP contribution < -0.4 is 5.32 Å². The summed E-state index contributed by atoms with van der Waals surface area (Å²) in [6.45, 7) is 9.42. The number of anilines is 1. The number of nitrogens with zero attached hydrogens (tertiary/aromatic N) is 2. The molecule has 31 heavy (non-hydrogen) atoms. The lowest BCUT2D eigenvalue weighted by molar-refractivity contribution is -0.138. The number of allylic oxidation sites excluding steroid dienone is 1. The first-order valence-corrected chi connectivity index (χ1v) is 10.8. The fourth-order valence-corrected chi connectivity index (χ4v) is 3.86. The molecule has 8 heteroatoms. The molecule has 0 saturated heterocycles. The SMILES string of the molecule is CCCC1=C(C(=O)OCC)C(c2ccccc2Cl)c2cnn(C(=O)OC(C)(C)C)c2N1. The van der Waals surface area contributed by atoms with Gasteiger partial charge in [-0.2, -0.15) is 5.10 Å². The van der Waals surface area contributed by atoms with E-state index in [1.807, 2.05) is 25.1 Å². The van der Waals surface area contributed by atoms with Crippen molar-refractivity contribution >= 4 is 29.5 Å². The minimum atomic E-state index is -0.676. The summed E-state index contributed by atoms with van der Waals surface area (Å²) < 4.78 is 12.1. The van der Waals surface area contributed by atoms with Gasteiger partial charge in [-0.05, 0) is 45.7 Å². The molecule has 7 nitrogen and oxygen atoms in total. The molecule has 1 aliphatic rings. The van der Waals surface area contributed by atoms with Gasteiger partial charge in [0.15, 0.2) is 0 Å². The van der Waals surface area contributed by atoms with Crippen LogP contribution in [0.5, 0.6) is 0 Å². The predicted molar refractivity (Wildman–Crippen MR) is 119 cm³/mol. The van der Waals surface area contributed by atoms with E-state index in [4.69, 9.17) is 21.1 Å². The Labute approximate surface area is 187 Å². The zero-order valence-electron chi connectivity index (χ0n) is 18.5. The number of aromatic nitrogens is 2. The Morgan fingerprint density at radius 2 is 1.90 bits per heavy atom. The largest absolute Gasteiger partial charge is 0.463 e. The molecular weight excluding hydrogens is 418 g/mol. The lowest BCUT2D eigenvalue weighted by atomic mass is 9.82. The lowest BCUT2D eigenvalue weighted by Gasteiger charge is -2.30. The maximum absolute atomic E-state index is 13.0. The van der Waals surface area contributed by atoms with Gasteiger partial charge in [-0.25, -0.2) is 9.59 Å². The molecule has 2 aromatic rings. The van der Waals surface area contributed by atoms with Gasteiger partial charge in [0.1, 0.15) is 11.4 Å². The van der Waals surface area contributed by atoms with Crippen LogP contribution in [0, 0.1) is 0 Å². The third kappa shape index (κ3) is 4.77. The maximum atomic E-state index is 13.0. The van der Waals surface area contributed by atoms with Crippen LogP contribution in [-0.4, -0.2) is 34.1 Å². The molecule has 2 heterocycles. The van der Waals surface area contributed by atoms with Crippen LogP contribution >= 0.6 is 11.6 Å². The van der Waals surface area contributed by atoms with Gasteiger partial charge in [0.25, 0.3) is 0 Å². The van der Waals surface area contributed by atoms with E-state index in [1.165, 1.54) is 4.68 Å². The fraction of sp³-hybridized carbons (Fsp3) is 0.435. The molecule has 1 N–H and O–H groups in total. The highest BCUT2D eigenvalue weighted by molar-refractivity contribution is 6.31. The van der Waals surface area contributed by atoms with Crippen LogP contribution in [0.1, 0.15) is 64.5 Å². The average Bonchev–Trinajstić information content (AvgIpc) is 3.10. The normalized spacial score (nSPS) is 15.9. The molecule has 0 radical (unpaired) electrons. The minimum Gasteiger partial charge on any atom is -0.463 e. The number of fused-ring (bicyclic) bond motifs is 1. The molecule has 1 unspecified atom stereocenters. The molecule has 1 aliphatic heterocycles. The summed E-state index contributed by atoms with van der Waals surface area (Å²) in [7, 11) is 0. The Kier molecular flexibility index (Phi) is 6.74. The van der Waals surface area contributed by atoms with E-state index in [1.54, 1.807) is 40.0 Å². The quantitative estimate of drug-likeness (QED) is 0.612. The molecule has 1 aromatic carbocycles. The Bertz CT molecular complexity index is 1020. The van der Waals surface area contributed by atoms with Crippen LogP contribution in [0.2, 0.25) is 5.02 Å². The monoisotopic (exact) mass is 445 g/mol. The Morgan fingerprint density at radius 3 is 2.52 bits per heavy atom. The third-order valence-corrected chi connectivity index (χ3v) is 5.11. The first-order chi connectivity index (χ1) is 14.7. The first-order valence-electron chi connectivity index (χ1n) is 10.4. The Balaban J connectivity index is 2.21. The Hall–Kier alpha value is -2.80. The van der Waals surface area contributed by atoms with E-state index in [0.29, 0.717) is 34.1 Å². The van der Waals surface area contributed by atoms with E-state index in [-0.39, 0.29) is 6.61 Å². The van der Waals surface area contributed by atoms with E-state index in [9.17, 15) is 9.59 Å². The van der Waals surface area contributed by atoms with Gasteiger partial charge in [-0.3, -0.25) is 0 Å². The molecule has 166 valence electrons. The molecule has 1 atom stereocenters. The van der Waals surface area contributed by atoms with Crippen LogP contribution in [-0.2, 0) is 14.3 Å². The van der Waals surface area contributed by atoms with Gasteiger partial charge >= 0.3 is 12.1 Å². The number of ether oxygens (including phenoxy) is 2. The number of halogens is 1. The number of hydrogen-bond acceptors (Lipinski definition) is 6. The molecule has 0 spiro atoms. The molecule has 0 amide bonds. The summed E-state index contributed by atoms with van der Waals surface area (Å²) >= 11 is 6.54. The van der Waals surface area contributed by atoms with Crippen molar-refractivity contribution in [3.8, 4) is 0 Å². The summed E-state index contributed by atoms with van der Waals surface area (Å²) in [5.41, 5.74) is 1.89. The summed E-state index contributed by atoms with van der Waals surface area (Å²) in [5, 5.41) is 8.05. The van der Waals surface area contributed by atoms with Crippen LogP contribution in [0.4, 0.5) is 10.6 Å². The second kappa shape index (κ2) is 9.14. The number of rotatable bonds is 5. The van der Waals surface area contributed by atoms with Gasteiger partial charge in [-0.15, -0.1) is 4.68 Å². The van der Waals surface area contributed by atoms with Crippen molar-refractivity contribution in [1.29, 1.82) is 0 Å². The zero-order valence-corrected chi connectivity index (χ0v) is 19.2. The summed E-state index contributed by atoms with van der Waals surface area (Å²) in [6, 6.07) is 7.34. The maximum Gasteiger partial charge on any atom is 0.437 e. The van der Waals surface area contributed by atoms with Gasteiger partial charge < -0.3 is 14.8 Å². The van der Waals surface area contributed by atoms with Crippen LogP contribution in [0.25, 0.3) is 0 Å². The van der Waals surface area contributed by atoms with E-state index in [2.05, 4.69) is 10.4 Å². The highest BCUT2D eigenvalue weighted by Gasteiger charge is 2.38. The molecule has 3 rings (SSSR count). The molecular formula is C23H28ClN3O4. The topological polar surface area (TPSA) is 82.5 Å². The van der Waals surface area contributed by atoms with Gasteiger partial charge in [-0.1, -0.05) is 43.1 Å². The number of nitrogens with one attached hydrogen (secondary N) is 1. The molecule has 0 aliphatic carbocycles. The second-order valence-electron chi connectivity index (χ2n) is 8.28. The van der Waals surface area contributed by atoms with Crippen molar-refractivity contribution in [3.63, 3.8) is 0 Å². The average molecular weight is 446 g/mol. The fourth-order valence-electron chi connectivity index (χ4n) is 3.61. The van der Waals surface area contributed by atoms with Crippen LogP contribution in [0.3, 0.4) is 0 Å². The lowest BCUT2D eigenvalue weighted by Crippen LogP contribution is -2.30. The zero-order chi connectivity index (χ0) is 22.8. The highest BCUT2D eigenvalue weighted by atomic mass is 35.5. The number of hydrogen-bond donors (Lipinski definition) is 1. The van der Waals surface area contributed by atoms with E-state index < -0.39 is 23.6 Å². The number of carbonyl (C=O) groups is 2. The van der Waals surface area contributed by atoms with Gasteiger partial charge in [0.2, 0.25) is 0 Å². The van der Waals surface area contributed by atoms with Gasteiger partial charge in [0.05, 0.1) is 18.4 Å². The van der Waals surface area contributed by atoms with Crippen molar-refractivity contribution in [1.82, 2.24) is 9.78 Å². The van der Waals surface area contributed by atoms with Gasteiger partial charge in [0, 0.05) is 22.2 Å². The molecule has 0 bridgehead atoms. The van der Waals surface area contributed by atoms with Crippen molar-refractivity contribution in [3.05, 3.63) is 57.9 Å². The van der Waals surface area contributed by atoms with Crippen molar-refractivity contribution in [2.75, 3.05) is 11.9 Å². The molecule has 0 fully saturated rings. The minimum absolute atomic E-state index is 0.251. The predicted octanol–water partition coefficient (Wildman–Crippen LogP) is 5.49. The molecule has 1 aromatic heterocycles. The van der Waals surface area contributed by atoms with E-state index >= 15 is 0 Å². The number of carbonyl (C=O) groups excluding carboxylic acids is 2. The standard InChI is InChI=1S/C23H28ClN3O4/c1-6-10-17-19(21(28)30-7-2)18(14-11-8-9-12-16(14)24)15-13-25-27(20(15)26-17)22(29)31-23(3,4)5/h8-9,11-13,18,26H,6-7,10H2,1-5H3. The third-order valence-electron chi connectivity index (χ3n) is 4.77. The van der Waals surface area contributed by atoms with Crippen molar-refractivity contribution in [2.45, 2.75) is 59.0 Å².